The lowest BCUT2D eigenvalue weighted by atomic mass is 9.64. The van der Waals surface area contributed by atoms with Crippen LogP contribution in [0.3, 0.4) is 0 Å². The van der Waals surface area contributed by atoms with Crippen molar-refractivity contribution in [3.63, 3.8) is 0 Å². The number of carbonyl (C=O) groups is 4. The topological polar surface area (TPSA) is 192 Å². The molecule has 0 atom stereocenters. The summed E-state index contributed by atoms with van der Waals surface area (Å²) in [5.74, 6) is -12.4. The normalized spacial score (nSPS) is 14.8. The first-order valence-electron chi connectivity index (χ1n) is 7.19. The van der Waals surface area contributed by atoms with Gasteiger partial charge in [0.1, 0.15) is 0 Å². The van der Waals surface area contributed by atoms with E-state index in [1.807, 2.05) is 0 Å². The van der Waals surface area contributed by atoms with Gasteiger partial charge in [0, 0.05) is 17.0 Å². The molecule has 0 spiro atoms. The smallest absolute Gasteiger partial charge is 0.318 e. The molecule has 1 aliphatic rings. The van der Waals surface area contributed by atoms with E-state index in [1.54, 1.807) is 0 Å². The number of carboxylic acids is 4. The summed E-state index contributed by atoms with van der Waals surface area (Å²) >= 11 is 0. The second-order valence-electron chi connectivity index (χ2n) is 5.98. The van der Waals surface area contributed by atoms with Crippen LogP contribution in [-0.4, -0.2) is 49.2 Å². The third-order valence-electron chi connectivity index (χ3n) is 4.61. The Kier molecular flexibility index (Phi) is 4.65. The maximum atomic E-state index is 11.6. The van der Waals surface area contributed by atoms with Crippen molar-refractivity contribution < 1.29 is 44.5 Å². The lowest BCUT2D eigenvalue weighted by Crippen LogP contribution is -2.52. The Bertz CT molecular complexity index is 770. The standard InChI is InChI=1S/C15H13NO10/c17-11(18)9(12(19)20)15(10(13(21)22)14(23)24)4-6-2-1-3-8(16(25)26)7(6)5-15/h1-3,9-10H,4-5H2,(H,17,18)(H,19,20)(H,21,22)(H,23,24). The third kappa shape index (κ3) is 2.83. The van der Waals surface area contributed by atoms with Crippen molar-refractivity contribution in [3.05, 3.63) is 39.4 Å². The van der Waals surface area contributed by atoms with E-state index in [9.17, 15) is 49.7 Å². The summed E-state index contributed by atoms with van der Waals surface area (Å²) in [5.41, 5.74) is -2.66. The summed E-state index contributed by atoms with van der Waals surface area (Å²) in [5, 5.41) is 48.5. The molecule has 0 amide bonds. The van der Waals surface area contributed by atoms with Crippen molar-refractivity contribution in [1.82, 2.24) is 0 Å². The molecule has 11 nitrogen and oxygen atoms in total. The Hall–Kier alpha value is -3.50. The predicted octanol–water partition coefficient (Wildman–Crippen LogP) is 0.251. The average molecular weight is 367 g/mol. The SMILES string of the molecule is O=C(O)C(C(=O)O)C1(C(C(=O)O)C(=O)O)Cc2cccc([N+](=O)[O-])c2C1. The number of rotatable bonds is 7. The van der Waals surface area contributed by atoms with Crippen LogP contribution in [0.4, 0.5) is 5.69 Å². The van der Waals surface area contributed by atoms with Crippen molar-refractivity contribution in [2.45, 2.75) is 12.8 Å². The first kappa shape index (κ1) is 18.8. The van der Waals surface area contributed by atoms with Crippen LogP contribution in [0.15, 0.2) is 18.2 Å². The van der Waals surface area contributed by atoms with Crippen LogP contribution in [-0.2, 0) is 32.0 Å². The van der Waals surface area contributed by atoms with E-state index in [1.165, 1.54) is 12.1 Å². The van der Waals surface area contributed by atoms with Gasteiger partial charge < -0.3 is 20.4 Å². The van der Waals surface area contributed by atoms with Gasteiger partial charge >= 0.3 is 23.9 Å². The van der Waals surface area contributed by atoms with E-state index in [2.05, 4.69) is 0 Å². The molecule has 0 heterocycles. The maximum Gasteiger partial charge on any atom is 0.318 e. The molecular formula is C15H13NO10. The van der Waals surface area contributed by atoms with E-state index >= 15 is 0 Å². The van der Waals surface area contributed by atoms with Crippen molar-refractivity contribution in [2.24, 2.45) is 17.3 Å². The Morgan fingerprint density at radius 2 is 1.38 bits per heavy atom. The number of fused-ring (bicyclic) bond motifs is 1. The minimum Gasteiger partial charge on any atom is -0.481 e. The predicted molar refractivity (Wildman–Crippen MR) is 80.5 cm³/mol. The first-order chi connectivity index (χ1) is 12.0. The Labute approximate surface area is 144 Å². The van der Waals surface area contributed by atoms with Crippen LogP contribution in [0, 0.1) is 27.4 Å². The summed E-state index contributed by atoms with van der Waals surface area (Å²) in [7, 11) is 0. The quantitative estimate of drug-likeness (QED) is 0.295. The fourth-order valence-corrected chi connectivity index (χ4v) is 3.68. The van der Waals surface area contributed by atoms with Gasteiger partial charge in [-0.15, -0.1) is 0 Å². The summed E-state index contributed by atoms with van der Waals surface area (Å²) < 4.78 is 0. The number of hydrogen-bond acceptors (Lipinski definition) is 6. The van der Waals surface area contributed by atoms with Gasteiger partial charge in [-0.1, -0.05) is 12.1 Å². The number of nitro benzene ring substituents is 1. The molecule has 0 saturated carbocycles. The first-order valence-corrected chi connectivity index (χ1v) is 7.19. The average Bonchev–Trinajstić information content (AvgIpc) is 2.83. The van der Waals surface area contributed by atoms with Crippen LogP contribution in [0.5, 0.6) is 0 Å². The summed E-state index contributed by atoms with van der Waals surface area (Å²) in [6.45, 7) is 0. The monoisotopic (exact) mass is 367 g/mol. The number of nitro groups is 1. The largest absolute Gasteiger partial charge is 0.481 e. The molecular weight excluding hydrogens is 354 g/mol. The minimum absolute atomic E-state index is 0.0579. The van der Waals surface area contributed by atoms with E-state index in [-0.39, 0.29) is 11.1 Å². The zero-order chi connectivity index (χ0) is 19.8. The highest BCUT2D eigenvalue weighted by molar-refractivity contribution is 6.00. The van der Waals surface area contributed by atoms with E-state index in [0.717, 1.165) is 6.07 Å². The highest BCUT2D eigenvalue weighted by atomic mass is 16.6. The molecule has 2 rings (SSSR count). The second-order valence-corrected chi connectivity index (χ2v) is 5.98. The zero-order valence-corrected chi connectivity index (χ0v) is 13.0. The van der Waals surface area contributed by atoms with Crippen molar-refractivity contribution >= 4 is 29.6 Å². The van der Waals surface area contributed by atoms with Gasteiger partial charge in [-0.3, -0.25) is 29.3 Å². The molecule has 1 aliphatic carbocycles. The summed E-state index contributed by atoms with van der Waals surface area (Å²) in [4.78, 5) is 56.6. The van der Waals surface area contributed by atoms with E-state index in [0.29, 0.717) is 0 Å². The number of benzene rings is 1. The molecule has 0 aromatic heterocycles. The molecule has 26 heavy (non-hydrogen) atoms. The fourth-order valence-electron chi connectivity index (χ4n) is 3.68. The van der Waals surface area contributed by atoms with Crippen LogP contribution >= 0.6 is 0 Å². The summed E-state index contributed by atoms with van der Waals surface area (Å²) in [6.07, 6.45) is -1.22. The summed E-state index contributed by atoms with van der Waals surface area (Å²) in [6, 6.07) is 3.73. The van der Waals surface area contributed by atoms with Crippen molar-refractivity contribution in [3.8, 4) is 0 Å². The lowest BCUT2D eigenvalue weighted by Gasteiger charge is -2.35. The van der Waals surface area contributed by atoms with Crippen LogP contribution in [0.1, 0.15) is 11.1 Å². The number of carboxylic acid groups (broad SMARTS) is 4. The molecule has 0 radical (unpaired) electrons. The molecule has 0 fully saturated rings. The van der Waals surface area contributed by atoms with Gasteiger partial charge in [0.25, 0.3) is 5.69 Å². The highest BCUT2D eigenvalue weighted by Crippen LogP contribution is 2.51. The van der Waals surface area contributed by atoms with Crippen molar-refractivity contribution in [2.75, 3.05) is 0 Å². The highest BCUT2D eigenvalue weighted by Gasteiger charge is 2.61. The second kappa shape index (κ2) is 6.43. The molecule has 1 aromatic rings. The Morgan fingerprint density at radius 3 is 1.77 bits per heavy atom. The number of aliphatic carboxylic acids is 4. The van der Waals surface area contributed by atoms with Crippen molar-refractivity contribution in [1.29, 1.82) is 0 Å². The lowest BCUT2D eigenvalue weighted by molar-refractivity contribution is -0.385. The van der Waals surface area contributed by atoms with Crippen LogP contribution in [0.2, 0.25) is 0 Å². The molecule has 1 aromatic carbocycles. The Balaban J connectivity index is 2.76. The van der Waals surface area contributed by atoms with Crippen LogP contribution in [0.25, 0.3) is 0 Å². The number of nitrogens with zero attached hydrogens (tertiary/aromatic N) is 1. The van der Waals surface area contributed by atoms with Gasteiger partial charge in [0.15, 0.2) is 11.8 Å². The molecule has 11 heteroatoms. The zero-order valence-electron chi connectivity index (χ0n) is 13.0. The van der Waals surface area contributed by atoms with Gasteiger partial charge in [-0.2, -0.15) is 0 Å². The fraction of sp³-hybridized carbons (Fsp3) is 0.333. The number of hydrogen-bond donors (Lipinski definition) is 4. The van der Waals surface area contributed by atoms with Crippen LogP contribution < -0.4 is 0 Å². The molecule has 0 aliphatic heterocycles. The van der Waals surface area contributed by atoms with E-state index in [4.69, 9.17) is 0 Å². The van der Waals surface area contributed by atoms with Gasteiger partial charge in [0.2, 0.25) is 0 Å². The third-order valence-corrected chi connectivity index (χ3v) is 4.61. The van der Waals surface area contributed by atoms with Gasteiger partial charge in [0.05, 0.1) is 4.92 Å². The molecule has 0 bridgehead atoms. The molecule has 138 valence electrons. The Morgan fingerprint density at radius 1 is 0.923 bits per heavy atom. The van der Waals surface area contributed by atoms with Gasteiger partial charge in [-0.25, -0.2) is 0 Å². The maximum absolute atomic E-state index is 11.6. The molecule has 0 saturated heterocycles. The minimum atomic E-state index is -2.38. The molecule has 4 N–H and O–H groups in total. The van der Waals surface area contributed by atoms with Gasteiger partial charge in [-0.05, 0) is 18.4 Å². The van der Waals surface area contributed by atoms with E-state index < -0.39 is 64.6 Å². The molecule has 0 unspecified atom stereocenters.